The molecule has 1 N–H and O–H groups in total. The highest BCUT2D eigenvalue weighted by Gasteiger charge is 2.22. The number of carbonyl (C=O) groups is 1. The van der Waals surface area contributed by atoms with E-state index in [1.54, 1.807) is 7.11 Å². The molecule has 0 saturated carbocycles. The number of methoxy groups -OCH3 is 1. The van der Waals surface area contributed by atoms with Crippen molar-refractivity contribution in [1.82, 2.24) is 4.90 Å². The van der Waals surface area contributed by atoms with Crippen LogP contribution in [0.2, 0.25) is 0 Å². The van der Waals surface area contributed by atoms with Crippen molar-refractivity contribution >= 4 is 11.8 Å². The minimum Gasteiger partial charge on any atom is -0.468 e. The van der Waals surface area contributed by atoms with E-state index in [9.17, 15) is 4.79 Å². The van der Waals surface area contributed by atoms with Gasteiger partial charge in [-0.2, -0.15) is 0 Å². The summed E-state index contributed by atoms with van der Waals surface area (Å²) in [5.41, 5.74) is 1.70. The average Bonchev–Trinajstić information content (AvgIpc) is 2.66. The lowest BCUT2D eigenvalue weighted by Gasteiger charge is -2.29. The molecule has 1 aromatic rings. The number of ether oxygens (including phenoxy) is 3. The largest absolute Gasteiger partial charge is 0.468 e. The zero-order valence-electron chi connectivity index (χ0n) is 15.2. The van der Waals surface area contributed by atoms with Crippen LogP contribution in [0, 0.1) is 0 Å². The fourth-order valence-electron chi connectivity index (χ4n) is 2.58. The molecule has 1 fully saturated rings. The van der Waals surface area contributed by atoms with Crippen molar-refractivity contribution in [2.45, 2.75) is 25.9 Å². The van der Waals surface area contributed by atoms with Crippen LogP contribution < -0.4 is 4.74 Å². The van der Waals surface area contributed by atoms with Crippen LogP contribution >= 0.6 is 0 Å². The Hall–Kier alpha value is -2.32. The van der Waals surface area contributed by atoms with Gasteiger partial charge in [0.25, 0.3) is 0 Å². The zero-order valence-corrected chi connectivity index (χ0v) is 15.2. The number of benzene rings is 1. The second-order valence-electron chi connectivity index (χ2n) is 5.92. The molecule has 1 aromatic carbocycles. The van der Waals surface area contributed by atoms with Gasteiger partial charge in [0.15, 0.2) is 6.79 Å². The molecule has 0 radical (unpaired) electrons. The Morgan fingerprint density at radius 1 is 1.23 bits per heavy atom. The first-order valence-corrected chi connectivity index (χ1v) is 8.58. The lowest BCUT2D eigenvalue weighted by atomic mass is 10.1. The third-order valence-corrected chi connectivity index (χ3v) is 4.06. The number of amides is 1. The second-order valence-corrected chi connectivity index (χ2v) is 5.92. The molecule has 1 amide bonds. The van der Waals surface area contributed by atoms with Gasteiger partial charge in [-0.25, -0.2) is 4.79 Å². The summed E-state index contributed by atoms with van der Waals surface area (Å²) in [7, 11) is 1.57. The number of hydrogen-bond acceptors (Lipinski definition) is 6. The molecule has 0 atom stereocenters. The third-order valence-electron chi connectivity index (χ3n) is 4.06. The third kappa shape index (κ3) is 6.53. The van der Waals surface area contributed by atoms with Gasteiger partial charge in [-0.05, 0) is 49.6 Å². The molecule has 1 saturated heterocycles. The van der Waals surface area contributed by atoms with Gasteiger partial charge in [-0.3, -0.25) is 0 Å². The number of carboxylic acid groups (broad SMARTS) is 1. The van der Waals surface area contributed by atoms with E-state index in [0.29, 0.717) is 39.1 Å². The van der Waals surface area contributed by atoms with Gasteiger partial charge in [0.1, 0.15) is 12.4 Å². The minimum absolute atomic E-state index is 0.0823. The summed E-state index contributed by atoms with van der Waals surface area (Å²) in [6.07, 6.45) is 0.645. The fraction of sp³-hybridized carbons (Fsp3) is 0.556. The Balaban J connectivity index is 1.64. The highest BCUT2D eigenvalue weighted by molar-refractivity contribution is 5.98. The highest BCUT2D eigenvalue weighted by Crippen LogP contribution is 2.14. The molecule has 0 aliphatic carbocycles. The van der Waals surface area contributed by atoms with Gasteiger partial charge in [-0.15, -0.1) is 0 Å². The van der Waals surface area contributed by atoms with E-state index < -0.39 is 6.09 Å². The Kier molecular flexibility index (Phi) is 8.17. The van der Waals surface area contributed by atoms with Crippen LogP contribution in [0.5, 0.6) is 5.75 Å². The van der Waals surface area contributed by atoms with Crippen molar-refractivity contribution in [3.63, 3.8) is 0 Å². The summed E-state index contributed by atoms with van der Waals surface area (Å²) in [6.45, 7) is 3.90. The minimum atomic E-state index is -0.866. The number of nitrogens with zero attached hydrogens (tertiary/aromatic N) is 2. The Labute approximate surface area is 153 Å². The molecule has 26 heavy (non-hydrogen) atoms. The number of hydrogen-bond donors (Lipinski definition) is 1. The molecule has 0 bridgehead atoms. The van der Waals surface area contributed by atoms with E-state index in [-0.39, 0.29) is 12.9 Å². The van der Waals surface area contributed by atoms with Crippen LogP contribution in [0.4, 0.5) is 4.79 Å². The predicted octanol–water partition coefficient (Wildman–Crippen LogP) is 2.57. The fourth-order valence-corrected chi connectivity index (χ4v) is 2.58. The molecule has 0 unspecified atom stereocenters. The summed E-state index contributed by atoms with van der Waals surface area (Å²) in [5, 5.41) is 13.0. The van der Waals surface area contributed by atoms with Crippen molar-refractivity contribution in [1.29, 1.82) is 0 Å². The van der Waals surface area contributed by atoms with Crippen molar-refractivity contribution in [3.05, 3.63) is 29.8 Å². The highest BCUT2D eigenvalue weighted by atomic mass is 16.7. The molecular formula is C18H26N2O6. The van der Waals surface area contributed by atoms with E-state index in [1.807, 2.05) is 31.2 Å². The first kappa shape index (κ1) is 20.0. The first-order valence-electron chi connectivity index (χ1n) is 8.58. The first-order chi connectivity index (χ1) is 12.6. The Morgan fingerprint density at radius 2 is 1.92 bits per heavy atom. The molecule has 1 aliphatic rings. The van der Waals surface area contributed by atoms with Crippen molar-refractivity contribution < 1.29 is 28.9 Å². The van der Waals surface area contributed by atoms with Crippen molar-refractivity contribution in [2.75, 3.05) is 40.2 Å². The van der Waals surface area contributed by atoms with E-state index in [4.69, 9.17) is 24.2 Å². The summed E-state index contributed by atoms with van der Waals surface area (Å²) in [4.78, 5) is 17.6. The molecular weight excluding hydrogens is 340 g/mol. The van der Waals surface area contributed by atoms with Crippen LogP contribution in [0.3, 0.4) is 0 Å². The van der Waals surface area contributed by atoms with E-state index >= 15 is 0 Å². The van der Waals surface area contributed by atoms with Gasteiger partial charge in [-0.1, -0.05) is 5.16 Å². The summed E-state index contributed by atoms with van der Waals surface area (Å²) < 4.78 is 15.9. The normalized spacial score (nSPS) is 15.8. The maximum absolute atomic E-state index is 10.8. The van der Waals surface area contributed by atoms with Gasteiger partial charge in [0.05, 0.1) is 18.4 Å². The van der Waals surface area contributed by atoms with E-state index in [0.717, 1.165) is 17.0 Å². The van der Waals surface area contributed by atoms with Crippen LogP contribution in [0.1, 0.15) is 25.3 Å². The van der Waals surface area contributed by atoms with Crippen molar-refractivity contribution in [3.8, 4) is 5.75 Å². The maximum Gasteiger partial charge on any atom is 0.407 e. The summed E-state index contributed by atoms with van der Waals surface area (Å²) in [5.74, 6) is 0.728. The molecule has 8 nitrogen and oxygen atoms in total. The van der Waals surface area contributed by atoms with E-state index in [2.05, 4.69) is 5.16 Å². The van der Waals surface area contributed by atoms with Crippen molar-refractivity contribution in [2.24, 2.45) is 5.16 Å². The van der Waals surface area contributed by atoms with Crippen LogP contribution in [-0.4, -0.2) is 68.1 Å². The predicted molar refractivity (Wildman–Crippen MR) is 95.7 cm³/mol. The van der Waals surface area contributed by atoms with Gasteiger partial charge < -0.3 is 29.1 Å². The molecule has 0 spiro atoms. The SMILES string of the molecule is COCOc1ccc(C(C)=NOCCOC2CCN(C(=O)O)CC2)cc1. The zero-order chi connectivity index (χ0) is 18.8. The van der Waals surface area contributed by atoms with Crippen LogP contribution in [0.15, 0.2) is 29.4 Å². The van der Waals surface area contributed by atoms with Crippen LogP contribution in [-0.2, 0) is 14.3 Å². The number of piperidine rings is 1. The number of likely N-dealkylation sites (tertiary alicyclic amines) is 1. The monoisotopic (exact) mass is 366 g/mol. The molecule has 144 valence electrons. The molecule has 1 aliphatic heterocycles. The van der Waals surface area contributed by atoms with Gasteiger partial charge >= 0.3 is 6.09 Å². The maximum atomic E-state index is 10.8. The van der Waals surface area contributed by atoms with Gasteiger partial charge in [0.2, 0.25) is 0 Å². The molecule has 0 aromatic heterocycles. The smallest absolute Gasteiger partial charge is 0.407 e. The average molecular weight is 366 g/mol. The second kappa shape index (κ2) is 10.6. The van der Waals surface area contributed by atoms with Crippen LogP contribution in [0.25, 0.3) is 0 Å². The standard InChI is InChI=1S/C18H26N2O6/c1-14(15-3-5-16(6-4-15)25-13-23-2)19-26-12-11-24-17-7-9-20(10-8-17)18(21)22/h3-6,17H,7-13H2,1-2H3,(H,21,22). The lowest BCUT2D eigenvalue weighted by molar-refractivity contribution is -0.0192. The Bertz CT molecular complexity index is 582. The lowest BCUT2D eigenvalue weighted by Crippen LogP contribution is -2.40. The Morgan fingerprint density at radius 3 is 2.54 bits per heavy atom. The number of oxime groups is 1. The quantitative estimate of drug-likeness (QED) is 0.313. The number of rotatable bonds is 9. The molecule has 1 heterocycles. The summed E-state index contributed by atoms with van der Waals surface area (Å²) in [6, 6.07) is 7.50. The van der Waals surface area contributed by atoms with Gasteiger partial charge in [0, 0.05) is 20.2 Å². The molecule has 8 heteroatoms. The topological polar surface area (TPSA) is 89.8 Å². The van der Waals surface area contributed by atoms with E-state index in [1.165, 1.54) is 4.90 Å². The summed E-state index contributed by atoms with van der Waals surface area (Å²) >= 11 is 0. The molecule has 2 rings (SSSR count).